The van der Waals surface area contributed by atoms with E-state index in [0.717, 1.165) is 96.3 Å². The fourth-order valence-electron chi connectivity index (χ4n) is 11.6. The van der Waals surface area contributed by atoms with Gasteiger partial charge in [-0.05, 0) is 89.9 Å². The maximum atomic E-state index is 13.1. The van der Waals surface area contributed by atoms with Gasteiger partial charge in [0.25, 0.3) is 7.82 Å². The fraction of sp³-hybridized carbons (Fsp3) is 0.753. The van der Waals surface area contributed by atoms with E-state index in [1.165, 1.54) is 244 Å². The Balaban J connectivity index is 4.03. The van der Waals surface area contributed by atoms with Gasteiger partial charge in [0, 0.05) is 6.42 Å². The first kappa shape index (κ1) is 90.9. The topological polar surface area (TPSA) is 108 Å². The third kappa shape index (κ3) is 76.3. The second-order valence-electron chi connectivity index (χ2n) is 28.0. The van der Waals surface area contributed by atoms with Crippen molar-refractivity contribution in [2.75, 3.05) is 40.9 Å². The molecule has 3 atom stereocenters. The molecule has 0 fully saturated rings. The minimum Gasteiger partial charge on any atom is -0.756 e. The van der Waals surface area contributed by atoms with Gasteiger partial charge in [0.15, 0.2) is 0 Å². The number of hydrogen-bond acceptors (Lipinski definition) is 6. The van der Waals surface area contributed by atoms with E-state index in [1.807, 2.05) is 27.2 Å². The number of phosphoric ester groups is 1. The van der Waals surface area contributed by atoms with Crippen molar-refractivity contribution in [1.82, 2.24) is 5.32 Å². The molecule has 0 rings (SSSR count). The Morgan fingerprint density at radius 1 is 0.383 bits per heavy atom. The highest BCUT2D eigenvalue weighted by molar-refractivity contribution is 7.45. The summed E-state index contributed by atoms with van der Waals surface area (Å²) in [4.78, 5) is 25.7. The van der Waals surface area contributed by atoms with Crippen LogP contribution in [0.25, 0.3) is 0 Å². The van der Waals surface area contributed by atoms with Crippen LogP contribution in [0.4, 0.5) is 0 Å². The molecular formula is C85H153N2O6P. The molecule has 0 aromatic heterocycles. The first-order chi connectivity index (χ1) is 46.0. The highest BCUT2D eigenvalue weighted by Crippen LogP contribution is 2.38. The molecule has 3 unspecified atom stereocenters. The summed E-state index contributed by atoms with van der Waals surface area (Å²) >= 11 is 0. The van der Waals surface area contributed by atoms with Crippen LogP contribution in [0.3, 0.4) is 0 Å². The van der Waals surface area contributed by atoms with Crippen LogP contribution in [0.1, 0.15) is 361 Å². The lowest BCUT2D eigenvalue weighted by molar-refractivity contribution is -0.870. The molecule has 94 heavy (non-hydrogen) atoms. The van der Waals surface area contributed by atoms with Crippen molar-refractivity contribution in [3.8, 4) is 0 Å². The molecule has 9 heteroatoms. The largest absolute Gasteiger partial charge is 0.756 e. The number of hydrogen-bond donors (Lipinski definition) is 2. The monoisotopic (exact) mass is 1330 g/mol. The second-order valence-corrected chi connectivity index (χ2v) is 29.5. The number of aliphatic hydroxyl groups is 1. The number of aliphatic hydroxyl groups excluding tert-OH is 1. The van der Waals surface area contributed by atoms with Crippen molar-refractivity contribution in [1.29, 1.82) is 0 Å². The molecule has 544 valence electrons. The number of amides is 1. The van der Waals surface area contributed by atoms with Crippen molar-refractivity contribution >= 4 is 13.7 Å². The van der Waals surface area contributed by atoms with Crippen LogP contribution in [0.15, 0.2) is 122 Å². The summed E-state index contributed by atoms with van der Waals surface area (Å²) in [6, 6.07) is -0.896. The third-order valence-corrected chi connectivity index (χ3v) is 18.6. The van der Waals surface area contributed by atoms with Gasteiger partial charge in [0.1, 0.15) is 13.2 Å². The van der Waals surface area contributed by atoms with Gasteiger partial charge < -0.3 is 28.8 Å². The molecule has 0 aliphatic heterocycles. The number of carbonyl (C=O) groups is 1. The van der Waals surface area contributed by atoms with Crippen molar-refractivity contribution in [2.24, 2.45) is 0 Å². The highest BCUT2D eigenvalue weighted by atomic mass is 31.2. The number of quaternary nitrogens is 1. The first-order valence-corrected chi connectivity index (χ1v) is 41.4. The average Bonchev–Trinajstić information content (AvgIpc) is 1.77. The molecule has 0 bridgehead atoms. The second kappa shape index (κ2) is 74.1. The van der Waals surface area contributed by atoms with Crippen molar-refractivity contribution in [3.05, 3.63) is 122 Å². The van der Waals surface area contributed by atoms with Gasteiger partial charge in [-0.25, -0.2) is 0 Å². The minimum atomic E-state index is -4.61. The van der Waals surface area contributed by atoms with E-state index < -0.39 is 20.0 Å². The predicted octanol–water partition coefficient (Wildman–Crippen LogP) is 25.7. The molecule has 0 saturated carbocycles. The fourth-order valence-corrected chi connectivity index (χ4v) is 12.3. The molecule has 0 spiro atoms. The maximum absolute atomic E-state index is 13.1. The van der Waals surface area contributed by atoms with Gasteiger partial charge in [-0.15, -0.1) is 0 Å². The number of nitrogens with one attached hydrogen (secondary N) is 1. The molecule has 1 amide bonds. The molecule has 0 saturated heterocycles. The Hall–Kier alpha value is -3.10. The molecule has 0 heterocycles. The third-order valence-electron chi connectivity index (χ3n) is 17.7. The number of likely N-dealkylation sites (N-methyl/N-ethyl adjacent to an activating group) is 1. The average molecular weight is 1330 g/mol. The quantitative estimate of drug-likeness (QED) is 0.0272. The van der Waals surface area contributed by atoms with Crippen LogP contribution in [0.2, 0.25) is 0 Å². The van der Waals surface area contributed by atoms with Crippen LogP contribution in [0.5, 0.6) is 0 Å². The SMILES string of the molecule is CC/C=C\C/C=C\C/C=C\C/C=C\C/C=C\C/C=C\C/C=C\C/C=C\C/C=C\CCCCCCCCCCCCCCCC(=O)NC(COP(=O)([O-])OCC[N+](C)(C)C)C(O)/C=C/CCCCCCCCCCCCCCCCCCCCCCCCCCCCCCC. The van der Waals surface area contributed by atoms with Gasteiger partial charge in [-0.3, -0.25) is 9.36 Å². The van der Waals surface area contributed by atoms with Crippen molar-refractivity contribution in [2.45, 2.75) is 373 Å². The molecule has 0 aliphatic rings. The number of carbonyl (C=O) groups excluding carboxylic acids is 1. The molecule has 0 aliphatic carbocycles. The Morgan fingerprint density at radius 3 is 0.947 bits per heavy atom. The molecule has 0 radical (unpaired) electrons. The summed E-state index contributed by atoms with van der Waals surface area (Å²) in [5, 5.41) is 14.0. The van der Waals surface area contributed by atoms with Crippen LogP contribution in [-0.4, -0.2) is 68.5 Å². The van der Waals surface area contributed by atoms with Crippen molar-refractivity contribution in [3.63, 3.8) is 0 Å². The normalized spacial score (nSPS) is 14.2. The van der Waals surface area contributed by atoms with E-state index >= 15 is 0 Å². The molecule has 2 N–H and O–H groups in total. The summed E-state index contributed by atoms with van der Waals surface area (Å²) in [6.45, 7) is 4.57. The van der Waals surface area contributed by atoms with Crippen molar-refractivity contribution < 1.29 is 32.9 Å². The van der Waals surface area contributed by atoms with E-state index in [4.69, 9.17) is 9.05 Å². The van der Waals surface area contributed by atoms with Crippen LogP contribution in [0, 0.1) is 0 Å². The lowest BCUT2D eigenvalue weighted by atomic mass is 10.0. The lowest BCUT2D eigenvalue weighted by Crippen LogP contribution is -2.45. The maximum Gasteiger partial charge on any atom is 0.268 e. The summed E-state index contributed by atoms with van der Waals surface area (Å²) in [6.07, 6.45) is 111. The summed E-state index contributed by atoms with van der Waals surface area (Å²) in [5.41, 5.74) is 0. The number of nitrogens with zero attached hydrogens (tertiary/aromatic N) is 1. The van der Waals surface area contributed by atoms with Crippen LogP contribution in [-0.2, 0) is 18.4 Å². The smallest absolute Gasteiger partial charge is 0.268 e. The lowest BCUT2D eigenvalue weighted by Gasteiger charge is -2.29. The van der Waals surface area contributed by atoms with Gasteiger partial charge in [0.2, 0.25) is 5.91 Å². The van der Waals surface area contributed by atoms with Crippen LogP contribution < -0.4 is 10.2 Å². The van der Waals surface area contributed by atoms with E-state index in [9.17, 15) is 19.4 Å². The van der Waals surface area contributed by atoms with E-state index in [-0.39, 0.29) is 19.1 Å². The number of allylic oxidation sites excluding steroid dienone is 19. The highest BCUT2D eigenvalue weighted by Gasteiger charge is 2.23. The standard InChI is InChI=1S/C85H153N2O6P/c1-6-8-10-12-14-16-18-20-22-24-26-28-30-32-34-36-38-39-40-41-42-43-44-45-46-47-49-51-53-55-57-59-61-63-65-67-69-71-73-75-77-79-85(89)86-83(82-93-94(90,91)92-81-80-87(3,4)5)84(88)78-76-74-72-70-68-66-64-62-60-58-56-54-52-50-48-37-35-33-31-29-27-25-23-21-19-17-15-13-11-9-7-2/h8,10,14,16,20,22,26,28,32,34,38-39,41-42,44-45,47,49,76,78,83-84,88H,6-7,9,11-13,15,17-19,21,23-25,27,29-31,33,35-37,40,43,46,48,50-75,77,79-82H2,1-5H3,(H-,86,89,90,91)/b10-8-,16-14-,22-20-,28-26-,34-32-,39-38-,42-41-,45-44-,49-47-,78-76+. The van der Waals surface area contributed by atoms with Gasteiger partial charge in [0.05, 0.1) is 39.9 Å². The number of unbranched alkanes of at least 4 members (excludes halogenated alkanes) is 42. The summed E-state index contributed by atoms with van der Waals surface area (Å²) < 4.78 is 23.5. The van der Waals surface area contributed by atoms with Gasteiger partial charge in [-0.2, -0.15) is 0 Å². The zero-order valence-electron chi connectivity index (χ0n) is 62.4. The summed E-state index contributed by atoms with van der Waals surface area (Å²) in [5.74, 6) is -0.198. The number of phosphoric acid groups is 1. The van der Waals surface area contributed by atoms with Gasteiger partial charge in [-0.1, -0.05) is 386 Å². The Kier molecular flexibility index (Phi) is 71.7. The Morgan fingerprint density at radius 2 is 0.649 bits per heavy atom. The molecular weight excluding hydrogens is 1180 g/mol. The molecule has 8 nitrogen and oxygen atoms in total. The van der Waals surface area contributed by atoms with E-state index in [2.05, 4.69) is 129 Å². The van der Waals surface area contributed by atoms with E-state index in [1.54, 1.807) is 6.08 Å². The van der Waals surface area contributed by atoms with E-state index in [0.29, 0.717) is 17.4 Å². The Bertz CT molecular complexity index is 1960. The predicted molar refractivity (Wildman–Crippen MR) is 412 cm³/mol. The number of rotatable bonds is 73. The Labute approximate surface area is 584 Å². The molecule has 0 aromatic carbocycles. The zero-order chi connectivity index (χ0) is 68.3. The minimum absolute atomic E-state index is 0.00459. The first-order valence-electron chi connectivity index (χ1n) is 39.9. The van der Waals surface area contributed by atoms with Gasteiger partial charge >= 0.3 is 0 Å². The summed E-state index contributed by atoms with van der Waals surface area (Å²) in [7, 11) is 1.26. The van der Waals surface area contributed by atoms with Crippen LogP contribution >= 0.6 is 7.82 Å². The molecule has 0 aromatic rings. The zero-order valence-corrected chi connectivity index (χ0v) is 63.3.